The Morgan fingerprint density at radius 2 is 1.88 bits per heavy atom. The minimum atomic E-state index is -1.34. The smallest absolute Gasteiger partial charge is 0.326 e. The number of carbonyl (C=O) groups excluding carboxylic acids is 4. The number of nitrogens with zero attached hydrogens (tertiary/aromatic N) is 1. The molecular formula is C16H21NO6S. The van der Waals surface area contributed by atoms with E-state index in [0.29, 0.717) is 6.42 Å². The monoisotopic (exact) mass is 355 g/mol. The summed E-state index contributed by atoms with van der Waals surface area (Å²) in [6.07, 6.45) is 0.550. The van der Waals surface area contributed by atoms with Crippen LogP contribution in [0.4, 0.5) is 0 Å². The molecule has 1 saturated carbocycles. The van der Waals surface area contributed by atoms with Gasteiger partial charge in [-0.1, -0.05) is 18.7 Å². The number of amides is 1. The average Bonchev–Trinajstić information content (AvgIpc) is 3.05. The summed E-state index contributed by atoms with van der Waals surface area (Å²) in [6, 6.07) is -1.17. The molecule has 2 rings (SSSR count). The third-order valence-electron chi connectivity index (χ3n) is 4.90. The molecule has 1 aliphatic carbocycles. The van der Waals surface area contributed by atoms with Gasteiger partial charge in [-0.05, 0) is 12.8 Å². The number of likely N-dealkylation sites (tertiary alicyclic amines) is 1. The first kappa shape index (κ1) is 18.6. The molecule has 7 nitrogen and oxygen atoms in total. The lowest BCUT2D eigenvalue weighted by Crippen LogP contribution is -2.45. The lowest BCUT2D eigenvalue weighted by molar-refractivity contribution is -0.149. The van der Waals surface area contributed by atoms with Gasteiger partial charge in [0.15, 0.2) is 5.12 Å². The Balaban J connectivity index is 2.24. The van der Waals surface area contributed by atoms with Gasteiger partial charge in [-0.3, -0.25) is 19.2 Å². The topological polar surface area (TPSA) is 109 Å². The van der Waals surface area contributed by atoms with Gasteiger partial charge in [0.05, 0.1) is 0 Å². The number of carboxylic acid groups (broad SMARTS) is 1. The molecule has 0 aromatic rings. The second kappa shape index (κ2) is 7.04. The van der Waals surface area contributed by atoms with Crippen LogP contribution in [0.25, 0.3) is 0 Å². The van der Waals surface area contributed by atoms with Gasteiger partial charge >= 0.3 is 5.97 Å². The van der Waals surface area contributed by atoms with Gasteiger partial charge in [0.1, 0.15) is 23.0 Å². The summed E-state index contributed by atoms with van der Waals surface area (Å²) in [7, 11) is 0. The largest absolute Gasteiger partial charge is 0.480 e. The number of carboxylic acids is 1. The van der Waals surface area contributed by atoms with Crippen molar-refractivity contribution in [3.63, 3.8) is 0 Å². The highest BCUT2D eigenvalue weighted by atomic mass is 32.2. The third kappa shape index (κ3) is 3.24. The van der Waals surface area contributed by atoms with Gasteiger partial charge in [0, 0.05) is 38.0 Å². The molecule has 24 heavy (non-hydrogen) atoms. The number of aliphatic carboxylic acids is 1. The number of ketones is 2. The van der Waals surface area contributed by atoms with Crippen molar-refractivity contribution in [3.05, 3.63) is 0 Å². The number of hydrogen-bond acceptors (Lipinski definition) is 6. The minimum Gasteiger partial charge on any atom is -0.480 e. The number of carbonyl (C=O) groups is 5. The fourth-order valence-corrected chi connectivity index (χ4v) is 4.25. The normalized spacial score (nSPS) is 23.8. The summed E-state index contributed by atoms with van der Waals surface area (Å²) in [5.41, 5.74) is -1.34. The van der Waals surface area contributed by atoms with E-state index in [4.69, 9.17) is 0 Å². The summed E-state index contributed by atoms with van der Waals surface area (Å²) in [4.78, 5) is 61.0. The summed E-state index contributed by atoms with van der Waals surface area (Å²) >= 11 is 1.02. The summed E-state index contributed by atoms with van der Waals surface area (Å²) in [5, 5.41) is 9.33. The Morgan fingerprint density at radius 1 is 1.29 bits per heavy atom. The second-order valence-corrected chi connectivity index (χ2v) is 7.56. The Hall–Kier alpha value is -1.70. The molecule has 1 amide bonds. The highest BCUT2D eigenvalue weighted by Gasteiger charge is 2.59. The molecule has 1 aliphatic heterocycles. The zero-order valence-corrected chi connectivity index (χ0v) is 14.6. The zero-order valence-electron chi connectivity index (χ0n) is 13.7. The van der Waals surface area contributed by atoms with E-state index in [1.54, 1.807) is 6.92 Å². The molecule has 1 N–H and O–H groups in total. The predicted molar refractivity (Wildman–Crippen MR) is 86.4 cm³/mol. The molecule has 1 heterocycles. The molecule has 0 radical (unpaired) electrons. The predicted octanol–water partition coefficient (Wildman–Crippen LogP) is 0.896. The van der Waals surface area contributed by atoms with E-state index in [0.717, 1.165) is 16.7 Å². The summed E-state index contributed by atoms with van der Waals surface area (Å²) < 4.78 is 0. The van der Waals surface area contributed by atoms with E-state index in [9.17, 15) is 29.1 Å². The molecule has 0 aromatic heterocycles. The van der Waals surface area contributed by atoms with Crippen LogP contribution in [0, 0.1) is 11.3 Å². The molecule has 0 aromatic carbocycles. The van der Waals surface area contributed by atoms with Crippen molar-refractivity contribution in [2.75, 3.05) is 12.3 Å². The SMILES string of the molecule is CCC(CSC(C)=O)C(=O)N1CC2(CC1C(=O)O)C(=O)CCC2=O. The maximum Gasteiger partial charge on any atom is 0.326 e. The van der Waals surface area contributed by atoms with Crippen LogP contribution in [-0.2, 0) is 24.0 Å². The lowest BCUT2D eigenvalue weighted by Gasteiger charge is -2.26. The third-order valence-corrected chi connectivity index (χ3v) is 5.88. The van der Waals surface area contributed by atoms with E-state index in [2.05, 4.69) is 0 Å². The Labute approximate surface area is 144 Å². The van der Waals surface area contributed by atoms with Gasteiger partial charge in [-0.25, -0.2) is 4.79 Å². The first-order chi connectivity index (χ1) is 11.2. The second-order valence-electron chi connectivity index (χ2n) is 6.36. The van der Waals surface area contributed by atoms with E-state index >= 15 is 0 Å². The van der Waals surface area contributed by atoms with Crippen LogP contribution in [0.3, 0.4) is 0 Å². The van der Waals surface area contributed by atoms with Gasteiger partial charge in [0.25, 0.3) is 0 Å². The van der Waals surface area contributed by atoms with Crippen molar-refractivity contribution < 1.29 is 29.1 Å². The summed E-state index contributed by atoms with van der Waals surface area (Å²) in [6.45, 7) is 3.04. The van der Waals surface area contributed by atoms with Crippen LogP contribution in [0.2, 0.25) is 0 Å². The van der Waals surface area contributed by atoms with Crippen molar-refractivity contribution in [1.29, 1.82) is 0 Å². The maximum absolute atomic E-state index is 12.8. The van der Waals surface area contributed by atoms with E-state index in [1.807, 2.05) is 0 Å². The fourth-order valence-electron chi connectivity index (χ4n) is 3.44. The maximum atomic E-state index is 12.8. The van der Waals surface area contributed by atoms with E-state index in [-0.39, 0.29) is 48.2 Å². The van der Waals surface area contributed by atoms with Crippen molar-refractivity contribution in [1.82, 2.24) is 4.90 Å². The standard InChI is InChI=1S/C16H21NO6S/c1-3-10(7-24-9(2)18)14(21)17-8-16(6-11(17)15(22)23)12(19)4-5-13(16)20/h10-11H,3-8H2,1-2H3,(H,22,23). The van der Waals surface area contributed by atoms with Gasteiger partial charge in [-0.2, -0.15) is 0 Å². The van der Waals surface area contributed by atoms with Crippen LogP contribution in [0.15, 0.2) is 0 Å². The molecule has 2 aliphatic rings. The molecule has 1 saturated heterocycles. The number of Topliss-reactive ketones (excluding diaryl/α,β-unsaturated/α-hetero) is 2. The van der Waals surface area contributed by atoms with E-state index in [1.165, 1.54) is 6.92 Å². The average molecular weight is 355 g/mol. The van der Waals surface area contributed by atoms with Crippen molar-refractivity contribution in [2.45, 2.75) is 45.6 Å². The minimum absolute atomic E-state index is 0.116. The number of thioether (sulfide) groups is 1. The highest BCUT2D eigenvalue weighted by molar-refractivity contribution is 8.13. The van der Waals surface area contributed by atoms with Crippen LogP contribution >= 0.6 is 11.8 Å². The number of hydrogen-bond donors (Lipinski definition) is 1. The van der Waals surface area contributed by atoms with Gasteiger partial charge in [0.2, 0.25) is 5.91 Å². The Morgan fingerprint density at radius 3 is 2.33 bits per heavy atom. The molecule has 1 spiro atoms. The Bertz CT molecular complexity index is 585. The molecule has 132 valence electrons. The molecule has 8 heteroatoms. The first-order valence-electron chi connectivity index (χ1n) is 7.96. The van der Waals surface area contributed by atoms with Crippen molar-refractivity contribution >= 4 is 40.3 Å². The van der Waals surface area contributed by atoms with Gasteiger partial charge in [-0.15, -0.1) is 0 Å². The van der Waals surface area contributed by atoms with E-state index < -0.39 is 29.3 Å². The highest BCUT2D eigenvalue weighted by Crippen LogP contribution is 2.43. The zero-order chi connectivity index (χ0) is 18.1. The van der Waals surface area contributed by atoms with Crippen molar-refractivity contribution in [2.24, 2.45) is 11.3 Å². The molecular weight excluding hydrogens is 334 g/mol. The summed E-state index contributed by atoms with van der Waals surface area (Å²) in [5.74, 6) is -2.38. The van der Waals surface area contributed by atoms with Crippen LogP contribution in [0.1, 0.15) is 39.5 Å². The number of rotatable bonds is 5. The quantitative estimate of drug-likeness (QED) is 0.730. The molecule has 0 bridgehead atoms. The Kier molecular flexibility index (Phi) is 5.47. The lowest BCUT2D eigenvalue weighted by atomic mass is 9.82. The van der Waals surface area contributed by atoms with Crippen LogP contribution in [0.5, 0.6) is 0 Å². The van der Waals surface area contributed by atoms with Gasteiger partial charge < -0.3 is 10.0 Å². The fraction of sp³-hybridized carbons (Fsp3) is 0.688. The molecule has 2 unspecified atom stereocenters. The molecule has 2 fully saturated rings. The molecule has 2 atom stereocenters. The first-order valence-corrected chi connectivity index (χ1v) is 8.94. The van der Waals surface area contributed by atoms with Crippen molar-refractivity contribution in [3.8, 4) is 0 Å². The van der Waals surface area contributed by atoms with Crippen LogP contribution in [-0.4, -0.2) is 56.9 Å². The van der Waals surface area contributed by atoms with Crippen LogP contribution < -0.4 is 0 Å².